The topological polar surface area (TPSA) is 258 Å². The minimum absolute atomic E-state index is 0.00394. The molecule has 6 saturated carbocycles. The molecule has 1 saturated heterocycles. The van der Waals surface area contributed by atoms with E-state index < -0.39 is 88.2 Å². The van der Waals surface area contributed by atoms with Crippen molar-refractivity contribution in [2.24, 2.45) is 58.0 Å². The molecule has 0 aromatic heterocycles. The van der Waals surface area contributed by atoms with Crippen molar-refractivity contribution in [2.45, 2.75) is 228 Å². The van der Waals surface area contributed by atoms with Crippen molar-refractivity contribution in [1.82, 2.24) is 10.6 Å². The lowest BCUT2D eigenvalue weighted by atomic mass is 9.40. The molecule has 1 unspecified atom stereocenters. The minimum atomic E-state index is -1.87. The van der Waals surface area contributed by atoms with Gasteiger partial charge in [0.15, 0.2) is 5.78 Å². The number of nitrogens with one attached hydrogen (secondary N) is 2. The molecular weight excluding hydrogens is 867 g/mol. The second-order valence-electron chi connectivity index (χ2n) is 24.0. The lowest BCUT2D eigenvalue weighted by Gasteiger charge is -2.66. The fourth-order valence-electron chi connectivity index (χ4n) is 17.6. The summed E-state index contributed by atoms with van der Waals surface area (Å²) in [5.74, 6) is -2.67. The molecule has 9 aliphatic rings. The van der Waals surface area contributed by atoms with E-state index in [4.69, 9.17) is 10.5 Å². The van der Waals surface area contributed by atoms with Crippen molar-refractivity contribution in [3.8, 4) is 0 Å². The van der Waals surface area contributed by atoms with Crippen LogP contribution < -0.4 is 16.4 Å². The molecule has 2 aliphatic heterocycles. The first kappa shape index (κ1) is 51.0. The average Bonchev–Trinajstić information content (AvgIpc) is 3.99. The number of ketones is 1. The zero-order valence-electron chi connectivity index (χ0n) is 41.2. The standard InChI is InChI=1S/C54H87N3O11/c1-4-9-31-14-17-34-41(18-15-31)68-49-44(34)37(60)13-7-22-54(49,67)50(3,65)42-21-24-53(66)46-45(40(63)28-52(42,53)33-10-5-6-11-33)51(23-20-32-16-19-43(55)57-36(32)12-8-25-58)27-39(62)38(61)26-35(51)48(64)47(46)56-29-30(2)59/h16,19,30-31,33-35,37-45,49,56-63,65-67H,4-15,17-18,20-29,55H2,1-3H3/t30-,31+,34+,35-,37-,38+,39-,40+,41+,42+,43?,44+,45-,49+,50+,51-,52-,53+,54+/m0/s1. The van der Waals surface area contributed by atoms with Crippen LogP contribution in [0.2, 0.25) is 0 Å². The van der Waals surface area contributed by atoms with Crippen LogP contribution in [0.5, 0.6) is 0 Å². The zero-order valence-corrected chi connectivity index (χ0v) is 41.2. The molecule has 0 bridgehead atoms. The first-order valence-corrected chi connectivity index (χ1v) is 27.2. The third kappa shape index (κ3) is 8.12. The Morgan fingerprint density at radius 2 is 1.69 bits per heavy atom. The summed E-state index contributed by atoms with van der Waals surface area (Å²) >= 11 is 0. The molecule has 68 heavy (non-hydrogen) atoms. The highest BCUT2D eigenvalue weighted by Crippen LogP contribution is 2.74. The Morgan fingerprint density at radius 3 is 2.41 bits per heavy atom. The van der Waals surface area contributed by atoms with Crippen LogP contribution in [-0.4, -0.2) is 131 Å². The number of hydrogen-bond acceptors (Lipinski definition) is 14. The van der Waals surface area contributed by atoms with Gasteiger partial charge in [-0.2, -0.15) is 0 Å². The fraction of sp³-hybridized carbons (Fsp3) is 0.870. The molecule has 0 amide bonds. The van der Waals surface area contributed by atoms with Crippen LogP contribution in [-0.2, 0) is 9.53 Å². The third-order valence-electron chi connectivity index (χ3n) is 20.5. The molecular formula is C54H87N3O11. The van der Waals surface area contributed by atoms with E-state index in [2.05, 4.69) is 17.6 Å². The molecule has 0 spiro atoms. The maximum atomic E-state index is 15.6. The van der Waals surface area contributed by atoms with Gasteiger partial charge in [-0.15, -0.1) is 0 Å². The van der Waals surface area contributed by atoms with E-state index in [1.165, 1.54) is 0 Å². The Kier molecular flexibility index (Phi) is 14.6. The van der Waals surface area contributed by atoms with Gasteiger partial charge in [-0.25, -0.2) is 0 Å². The van der Waals surface area contributed by atoms with Gasteiger partial charge in [-0.1, -0.05) is 45.1 Å². The fourth-order valence-corrected chi connectivity index (χ4v) is 17.6. The van der Waals surface area contributed by atoms with E-state index in [1.54, 1.807) is 13.8 Å². The zero-order chi connectivity index (χ0) is 48.6. The van der Waals surface area contributed by atoms with Crippen molar-refractivity contribution >= 4 is 5.78 Å². The van der Waals surface area contributed by atoms with Gasteiger partial charge in [0.05, 0.1) is 65.8 Å². The van der Waals surface area contributed by atoms with Crippen molar-refractivity contribution in [3.63, 3.8) is 0 Å². The number of carbonyl (C=O) groups is 1. The lowest BCUT2D eigenvalue weighted by Crippen LogP contribution is -2.72. The van der Waals surface area contributed by atoms with Crippen LogP contribution >= 0.6 is 0 Å². The van der Waals surface area contributed by atoms with E-state index >= 15 is 4.79 Å². The maximum absolute atomic E-state index is 15.6. The summed E-state index contributed by atoms with van der Waals surface area (Å²) in [6.07, 6.45) is 10.2. The summed E-state index contributed by atoms with van der Waals surface area (Å²) in [5.41, 5.74) is 0.867. The largest absolute Gasteiger partial charge is 0.396 e. The van der Waals surface area contributed by atoms with Gasteiger partial charge < -0.3 is 67.1 Å². The Balaban J connectivity index is 1.17. The van der Waals surface area contributed by atoms with Crippen molar-refractivity contribution in [2.75, 3.05) is 13.2 Å². The molecule has 0 radical (unpaired) electrons. The normalized spacial score (nSPS) is 46.4. The summed E-state index contributed by atoms with van der Waals surface area (Å²) in [6.45, 7) is 5.56. The van der Waals surface area contributed by atoms with Gasteiger partial charge in [0, 0.05) is 42.0 Å². The number of dihydropyridines is 1. The molecule has 0 aromatic carbocycles. The molecule has 7 aliphatic carbocycles. The Labute approximate surface area is 404 Å². The van der Waals surface area contributed by atoms with E-state index in [0.717, 1.165) is 75.5 Å². The van der Waals surface area contributed by atoms with Crippen LogP contribution in [0.3, 0.4) is 0 Å². The highest BCUT2D eigenvalue weighted by Gasteiger charge is 2.78. The van der Waals surface area contributed by atoms with Gasteiger partial charge in [0.25, 0.3) is 0 Å². The van der Waals surface area contributed by atoms with Gasteiger partial charge in [0.2, 0.25) is 0 Å². The first-order chi connectivity index (χ1) is 32.4. The van der Waals surface area contributed by atoms with Crippen molar-refractivity contribution < 1.29 is 55.5 Å². The maximum Gasteiger partial charge on any atom is 0.182 e. The second-order valence-corrected chi connectivity index (χ2v) is 24.0. The molecule has 2 heterocycles. The number of aliphatic hydroxyl groups excluding tert-OH is 6. The summed E-state index contributed by atoms with van der Waals surface area (Å²) in [4.78, 5) is 15.6. The SMILES string of the molecule is CCC[C@@H]1CC[C@H]2[C@H]3[C@@H](O[C@@H]2CC1)[C@@](O)([C@](C)(O)[C@H]1CC[C@@]2(O)C4=C(NC[C@H](C)O)C(=O)[C@@H]5C[C@@H](O)[C@@H](O)C[C@]5(CCC5=C(CCCO)NC(N)C=C5)[C@H]4[C@H](O)C[C@]12C1CCCC1)CCC[C@@H]3O. The van der Waals surface area contributed by atoms with Gasteiger partial charge in [-0.05, 0) is 169 Å². The first-order valence-electron chi connectivity index (χ1n) is 27.2. The van der Waals surface area contributed by atoms with Crippen LogP contribution in [0.25, 0.3) is 0 Å². The van der Waals surface area contributed by atoms with Gasteiger partial charge in [0.1, 0.15) is 5.60 Å². The number of aliphatic hydroxyl groups is 9. The smallest absolute Gasteiger partial charge is 0.182 e. The molecule has 13 N–H and O–H groups in total. The molecule has 19 atom stereocenters. The molecule has 0 aromatic rings. The monoisotopic (exact) mass is 954 g/mol. The van der Waals surface area contributed by atoms with Crippen molar-refractivity contribution in [1.29, 1.82) is 0 Å². The van der Waals surface area contributed by atoms with E-state index in [-0.39, 0.29) is 80.6 Å². The highest BCUT2D eigenvalue weighted by molar-refractivity contribution is 6.00. The van der Waals surface area contributed by atoms with Crippen molar-refractivity contribution in [3.05, 3.63) is 34.7 Å². The number of Topliss-reactive ketones (excluding diaryl/α,β-unsaturated/α-hetero) is 1. The number of hydrogen-bond donors (Lipinski definition) is 12. The number of allylic oxidation sites excluding steroid dienone is 4. The summed E-state index contributed by atoms with van der Waals surface area (Å²) in [5, 5.41) is 117. The van der Waals surface area contributed by atoms with Gasteiger partial charge >= 0.3 is 0 Å². The number of rotatable bonds is 14. The van der Waals surface area contributed by atoms with Crippen LogP contribution in [0.4, 0.5) is 0 Å². The molecule has 14 nitrogen and oxygen atoms in total. The van der Waals surface area contributed by atoms with Crippen LogP contribution in [0.1, 0.15) is 162 Å². The van der Waals surface area contributed by atoms with E-state index in [0.29, 0.717) is 56.4 Å². The minimum Gasteiger partial charge on any atom is -0.396 e. The number of nitrogens with two attached hydrogens (primary N) is 1. The lowest BCUT2D eigenvalue weighted by molar-refractivity contribution is -0.269. The van der Waals surface area contributed by atoms with Crippen LogP contribution in [0.15, 0.2) is 34.7 Å². The van der Waals surface area contributed by atoms with Crippen LogP contribution in [0, 0.1) is 52.3 Å². The Hall–Kier alpha value is -1.95. The second kappa shape index (κ2) is 19.5. The summed E-state index contributed by atoms with van der Waals surface area (Å²) in [7, 11) is 0. The predicted molar refractivity (Wildman–Crippen MR) is 256 cm³/mol. The quantitative estimate of drug-likeness (QED) is 0.118. The molecule has 9 rings (SSSR count). The Bertz CT molecular complexity index is 1940. The molecule has 14 heteroatoms. The van der Waals surface area contributed by atoms with Gasteiger partial charge in [-0.3, -0.25) is 4.79 Å². The molecule has 384 valence electrons. The Morgan fingerprint density at radius 1 is 0.941 bits per heavy atom. The number of ether oxygens (including phenoxy) is 1. The third-order valence-corrected chi connectivity index (χ3v) is 20.5. The average molecular weight is 954 g/mol. The van der Waals surface area contributed by atoms with E-state index in [9.17, 15) is 46.0 Å². The highest BCUT2D eigenvalue weighted by atomic mass is 16.5. The summed E-state index contributed by atoms with van der Waals surface area (Å²) < 4.78 is 7.06. The number of fused-ring (bicyclic) bond motifs is 8. The summed E-state index contributed by atoms with van der Waals surface area (Å²) in [6, 6.07) is 0. The predicted octanol–water partition coefficient (Wildman–Crippen LogP) is 3.88. The molecule has 7 fully saturated rings. The number of carbonyl (C=O) groups excluding carboxylic acids is 1. The van der Waals surface area contributed by atoms with E-state index in [1.807, 2.05) is 12.2 Å².